The van der Waals surface area contributed by atoms with Gasteiger partial charge in [-0.15, -0.1) is 20.9 Å². The number of hydrogen-bond acceptors (Lipinski definition) is 7. The van der Waals surface area contributed by atoms with Gasteiger partial charge in [-0.2, -0.15) is 13.4 Å². The molecule has 0 atom stereocenters. The van der Waals surface area contributed by atoms with Crippen LogP contribution < -0.4 is 4.72 Å². The first kappa shape index (κ1) is 25.2. The van der Waals surface area contributed by atoms with Crippen molar-refractivity contribution in [2.24, 2.45) is 0 Å². The molecule has 0 aliphatic rings. The van der Waals surface area contributed by atoms with Gasteiger partial charge in [-0.05, 0) is 49.2 Å². The Labute approximate surface area is 213 Å². The molecule has 0 amide bonds. The fraction of sp³-hybridized carbons (Fsp3) is 0.130. The summed E-state index contributed by atoms with van der Waals surface area (Å²) >= 11 is 7.60. The number of benzene rings is 3. The first-order valence-corrected chi connectivity index (χ1v) is 14.6. The van der Waals surface area contributed by atoms with Crippen LogP contribution in [0.15, 0.2) is 87.7 Å². The highest BCUT2D eigenvalue weighted by atomic mass is 35.5. The first-order valence-electron chi connectivity index (χ1n) is 10.3. The molecule has 0 saturated heterocycles. The summed E-state index contributed by atoms with van der Waals surface area (Å²) in [5.74, 6) is 0.164. The third-order valence-electron chi connectivity index (χ3n) is 5.01. The van der Waals surface area contributed by atoms with E-state index in [2.05, 4.69) is 14.8 Å². The van der Waals surface area contributed by atoms with Crippen LogP contribution in [0, 0.1) is 13.8 Å². The number of aromatic nitrogens is 3. The normalized spacial score (nSPS) is 12.0. The van der Waals surface area contributed by atoms with Gasteiger partial charge in [0, 0.05) is 15.7 Å². The van der Waals surface area contributed by atoms with Crippen LogP contribution >= 0.6 is 23.4 Å². The van der Waals surface area contributed by atoms with Crippen LogP contribution in [0.5, 0.6) is 0 Å². The molecule has 1 N–H and O–H groups in total. The number of halogens is 1. The van der Waals surface area contributed by atoms with E-state index in [0.29, 0.717) is 25.3 Å². The van der Waals surface area contributed by atoms with Gasteiger partial charge < -0.3 is 0 Å². The Morgan fingerprint density at radius 1 is 0.971 bits per heavy atom. The molecule has 4 aromatic rings. The van der Waals surface area contributed by atoms with E-state index < -0.39 is 20.0 Å². The number of nitrogens with one attached hydrogen (secondary N) is 1. The van der Waals surface area contributed by atoms with E-state index in [-0.39, 0.29) is 15.7 Å². The molecule has 0 aliphatic heterocycles. The van der Waals surface area contributed by atoms with E-state index in [0.717, 1.165) is 17.5 Å². The Balaban J connectivity index is 1.62. The predicted molar refractivity (Wildman–Crippen MR) is 137 cm³/mol. The Kier molecular flexibility index (Phi) is 7.22. The van der Waals surface area contributed by atoms with Crippen LogP contribution in [-0.4, -0.2) is 31.0 Å². The third-order valence-corrected chi connectivity index (χ3v) is 9.58. The lowest BCUT2D eigenvalue weighted by atomic mass is 10.2. The molecule has 0 aliphatic carbocycles. The maximum Gasteiger partial charge on any atom is 0.284 e. The van der Waals surface area contributed by atoms with Gasteiger partial charge in [-0.1, -0.05) is 59.6 Å². The predicted octanol–water partition coefficient (Wildman–Crippen LogP) is 4.88. The molecule has 0 unspecified atom stereocenters. The minimum atomic E-state index is -4.15. The van der Waals surface area contributed by atoms with Gasteiger partial charge in [0.15, 0.2) is 0 Å². The summed E-state index contributed by atoms with van der Waals surface area (Å²) in [5, 5.41) is 4.29. The molecular formula is C23H21ClN4O4S3. The third kappa shape index (κ3) is 5.69. The average molecular weight is 549 g/mol. The number of hydrogen-bond donors (Lipinski definition) is 1. The molecule has 0 fully saturated rings. The highest BCUT2D eigenvalue weighted by molar-refractivity contribution is 7.99. The van der Waals surface area contributed by atoms with Crippen molar-refractivity contribution in [3.8, 4) is 0 Å². The summed E-state index contributed by atoms with van der Waals surface area (Å²) in [7, 11) is -8.18. The van der Waals surface area contributed by atoms with E-state index in [1.165, 1.54) is 30.0 Å². The van der Waals surface area contributed by atoms with Crippen molar-refractivity contribution in [1.29, 1.82) is 0 Å². The summed E-state index contributed by atoms with van der Waals surface area (Å²) in [6.07, 6.45) is 0.950. The van der Waals surface area contributed by atoms with Crippen molar-refractivity contribution in [3.63, 3.8) is 0 Å². The zero-order valence-electron chi connectivity index (χ0n) is 18.7. The lowest BCUT2D eigenvalue weighted by Gasteiger charge is -2.13. The van der Waals surface area contributed by atoms with E-state index in [1.807, 2.05) is 37.3 Å². The lowest BCUT2D eigenvalue weighted by Crippen LogP contribution is -2.17. The molecule has 0 bridgehead atoms. The standard InChI is InChI=1S/C23H21ClN4O4S3/c1-16-8-10-19(11-9-16)35(31,32)28-15-25-23(26-28)27-34(29,30)22-12-17(2)20(24)13-21(22)33-14-18-6-4-3-5-7-18/h3-13,15H,14H2,1-2H3,(H,26,27). The number of aryl methyl sites for hydroxylation is 2. The van der Waals surface area contributed by atoms with Gasteiger partial charge in [0.05, 0.1) is 4.90 Å². The summed E-state index contributed by atoms with van der Waals surface area (Å²) in [6, 6.07) is 18.9. The second-order valence-corrected chi connectivity index (χ2v) is 12.6. The van der Waals surface area contributed by atoms with Crippen LogP contribution in [0.1, 0.15) is 16.7 Å². The molecule has 4 rings (SSSR count). The van der Waals surface area contributed by atoms with E-state index in [1.54, 1.807) is 25.1 Å². The molecule has 182 valence electrons. The molecule has 1 heterocycles. The molecule has 0 spiro atoms. The fourth-order valence-electron chi connectivity index (χ4n) is 3.10. The zero-order chi connectivity index (χ0) is 25.2. The molecule has 3 aromatic carbocycles. The Hall–Kier alpha value is -2.86. The van der Waals surface area contributed by atoms with E-state index >= 15 is 0 Å². The van der Waals surface area contributed by atoms with Crippen molar-refractivity contribution in [2.75, 3.05) is 4.72 Å². The number of sulfonamides is 1. The summed E-state index contributed by atoms with van der Waals surface area (Å²) in [6.45, 7) is 3.54. The quantitative estimate of drug-likeness (QED) is 0.312. The van der Waals surface area contributed by atoms with Gasteiger partial charge in [0.2, 0.25) is 0 Å². The number of rotatable bonds is 8. The van der Waals surface area contributed by atoms with Gasteiger partial charge in [-0.25, -0.2) is 13.1 Å². The van der Waals surface area contributed by atoms with Gasteiger partial charge in [0.25, 0.3) is 26.0 Å². The van der Waals surface area contributed by atoms with Gasteiger partial charge >= 0.3 is 0 Å². The van der Waals surface area contributed by atoms with E-state index in [4.69, 9.17) is 11.6 Å². The maximum absolute atomic E-state index is 13.3. The number of nitrogens with zero attached hydrogens (tertiary/aromatic N) is 3. The van der Waals surface area contributed by atoms with Crippen LogP contribution in [-0.2, 0) is 25.8 Å². The van der Waals surface area contributed by atoms with E-state index in [9.17, 15) is 16.8 Å². The molecule has 12 heteroatoms. The van der Waals surface area contributed by atoms with Crippen molar-refractivity contribution in [1.82, 2.24) is 14.2 Å². The van der Waals surface area contributed by atoms with Crippen LogP contribution in [0.2, 0.25) is 5.02 Å². The van der Waals surface area contributed by atoms with Gasteiger partial charge in [-0.3, -0.25) is 0 Å². The lowest BCUT2D eigenvalue weighted by molar-refractivity contribution is 0.579. The monoisotopic (exact) mass is 548 g/mol. The largest absolute Gasteiger partial charge is 0.284 e. The van der Waals surface area contributed by atoms with Gasteiger partial charge in [0.1, 0.15) is 11.2 Å². The van der Waals surface area contributed by atoms with Crippen molar-refractivity contribution in [3.05, 3.63) is 94.8 Å². The van der Waals surface area contributed by atoms with Crippen LogP contribution in [0.3, 0.4) is 0 Å². The second-order valence-electron chi connectivity index (χ2n) is 7.69. The molecule has 8 nitrogen and oxygen atoms in total. The topological polar surface area (TPSA) is 111 Å². The second kappa shape index (κ2) is 10.0. The number of thioether (sulfide) groups is 1. The smallest absolute Gasteiger partial charge is 0.246 e. The molecule has 0 saturated carbocycles. The summed E-state index contributed by atoms with van der Waals surface area (Å²) in [5.41, 5.74) is 2.50. The summed E-state index contributed by atoms with van der Waals surface area (Å²) < 4.78 is 55.1. The van der Waals surface area contributed by atoms with Crippen LogP contribution in [0.25, 0.3) is 0 Å². The minimum absolute atomic E-state index is 0.00178. The highest BCUT2D eigenvalue weighted by Crippen LogP contribution is 2.34. The van der Waals surface area contributed by atoms with Crippen molar-refractivity contribution < 1.29 is 16.8 Å². The highest BCUT2D eigenvalue weighted by Gasteiger charge is 2.24. The molecule has 1 aromatic heterocycles. The number of anilines is 1. The SMILES string of the molecule is Cc1ccc(S(=O)(=O)n2cnc(NS(=O)(=O)c3cc(C)c(Cl)cc3SCc3ccccc3)n2)cc1. The molecule has 35 heavy (non-hydrogen) atoms. The maximum atomic E-state index is 13.3. The molecule has 0 radical (unpaired) electrons. The first-order chi connectivity index (χ1) is 16.6. The fourth-order valence-corrected chi connectivity index (χ4v) is 6.90. The average Bonchev–Trinajstić information content (AvgIpc) is 3.29. The zero-order valence-corrected chi connectivity index (χ0v) is 21.9. The molecular weight excluding hydrogens is 528 g/mol. The Bertz CT molecular complexity index is 1570. The summed E-state index contributed by atoms with van der Waals surface area (Å²) in [4.78, 5) is 4.30. The van der Waals surface area contributed by atoms with Crippen molar-refractivity contribution in [2.45, 2.75) is 34.3 Å². The van der Waals surface area contributed by atoms with Crippen molar-refractivity contribution >= 4 is 49.4 Å². The van der Waals surface area contributed by atoms with Crippen LogP contribution in [0.4, 0.5) is 5.95 Å². The Morgan fingerprint density at radius 3 is 2.34 bits per heavy atom. The minimum Gasteiger partial charge on any atom is -0.246 e. The Morgan fingerprint density at radius 2 is 1.66 bits per heavy atom.